The van der Waals surface area contributed by atoms with Gasteiger partial charge in [0.1, 0.15) is 0 Å². The summed E-state index contributed by atoms with van der Waals surface area (Å²) in [6.07, 6.45) is 5.06. The number of methoxy groups -OCH3 is 1. The number of fused-ring (bicyclic) bond motifs is 1. The maximum atomic E-state index is 12.7. The van der Waals surface area contributed by atoms with Crippen LogP contribution < -0.4 is 15.1 Å². The molecular weight excluding hydrogens is 408 g/mol. The molecular formula is C25H30N2O5. The van der Waals surface area contributed by atoms with Gasteiger partial charge in [-0.3, -0.25) is 4.79 Å². The zero-order valence-electron chi connectivity index (χ0n) is 18.6. The summed E-state index contributed by atoms with van der Waals surface area (Å²) in [4.78, 5) is 17.4. The Balaban J connectivity index is 1.53. The first kappa shape index (κ1) is 22.0. The highest BCUT2D eigenvalue weighted by Crippen LogP contribution is 2.38. The maximum Gasteiger partial charge on any atom is 0.235 e. The third kappa shape index (κ3) is 4.39. The van der Waals surface area contributed by atoms with Gasteiger partial charge in [-0.2, -0.15) is 0 Å². The van der Waals surface area contributed by atoms with Gasteiger partial charge in [0, 0.05) is 24.8 Å². The van der Waals surface area contributed by atoms with E-state index < -0.39 is 11.2 Å². The van der Waals surface area contributed by atoms with Crippen LogP contribution in [0.2, 0.25) is 0 Å². The molecule has 0 unspecified atom stereocenters. The monoisotopic (exact) mass is 438 g/mol. The van der Waals surface area contributed by atoms with Gasteiger partial charge in [0.2, 0.25) is 16.9 Å². The van der Waals surface area contributed by atoms with Gasteiger partial charge >= 0.3 is 0 Å². The van der Waals surface area contributed by atoms with Crippen LogP contribution >= 0.6 is 0 Å². The van der Waals surface area contributed by atoms with Crippen LogP contribution in [0.3, 0.4) is 0 Å². The normalized spacial score (nSPS) is 14.6. The van der Waals surface area contributed by atoms with Crippen LogP contribution in [0.1, 0.15) is 25.7 Å². The highest BCUT2D eigenvalue weighted by molar-refractivity contribution is 5.88. The highest BCUT2D eigenvalue weighted by Gasteiger charge is 2.20. The number of rotatable bonds is 7. The van der Waals surface area contributed by atoms with E-state index in [2.05, 4.69) is 16.8 Å². The van der Waals surface area contributed by atoms with Crippen LogP contribution in [-0.2, 0) is 0 Å². The molecule has 0 bridgehead atoms. The van der Waals surface area contributed by atoms with Gasteiger partial charge in [0.25, 0.3) is 0 Å². The summed E-state index contributed by atoms with van der Waals surface area (Å²) in [7, 11) is 3.45. The van der Waals surface area contributed by atoms with Crippen molar-refractivity contribution in [2.75, 3.05) is 45.2 Å². The van der Waals surface area contributed by atoms with Crippen molar-refractivity contribution in [2.45, 2.75) is 25.7 Å². The number of ether oxygens (including phenoxy) is 1. The number of hydrogen-bond donors (Lipinski definition) is 2. The Hall–Kier alpha value is -3.19. The smallest absolute Gasteiger partial charge is 0.235 e. The molecule has 7 nitrogen and oxygen atoms in total. The van der Waals surface area contributed by atoms with Crippen molar-refractivity contribution in [3.63, 3.8) is 0 Å². The van der Waals surface area contributed by atoms with Gasteiger partial charge in [-0.15, -0.1) is 0 Å². The molecule has 0 spiro atoms. The molecule has 32 heavy (non-hydrogen) atoms. The zero-order valence-corrected chi connectivity index (χ0v) is 18.6. The Labute approximate surface area is 187 Å². The lowest BCUT2D eigenvalue weighted by molar-refractivity contribution is 0.227. The van der Waals surface area contributed by atoms with Gasteiger partial charge in [-0.25, -0.2) is 0 Å². The van der Waals surface area contributed by atoms with Crippen molar-refractivity contribution in [1.29, 1.82) is 0 Å². The summed E-state index contributed by atoms with van der Waals surface area (Å²) in [5, 5.41) is 20.6. The molecule has 2 aromatic carbocycles. The number of nitrogens with zero attached hydrogens (tertiary/aromatic N) is 2. The number of aromatic hydroxyl groups is 2. The SMILES string of the molecule is COc1c(O)ccc2c(=O)c(O)c(-c3ccc(N(C)CCCN4CCCCC4)cc3)oc12. The van der Waals surface area contributed by atoms with Crippen LogP contribution in [0.15, 0.2) is 45.6 Å². The molecule has 0 aliphatic carbocycles. The molecule has 7 heteroatoms. The van der Waals surface area contributed by atoms with E-state index in [-0.39, 0.29) is 28.2 Å². The lowest BCUT2D eigenvalue weighted by Crippen LogP contribution is -2.32. The van der Waals surface area contributed by atoms with E-state index in [0.717, 1.165) is 25.2 Å². The maximum absolute atomic E-state index is 12.7. The number of phenolic OH excluding ortho intramolecular Hbond substituents is 1. The molecule has 3 aromatic rings. The standard InChI is InChI=1S/C25H30N2O5/c1-26(13-6-16-27-14-4-3-5-15-27)18-9-7-17(8-10-18)23-22(30)21(29)19-11-12-20(28)25(31-2)24(19)32-23/h7-12,28,30H,3-6,13-16H2,1-2H3. The summed E-state index contributed by atoms with van der Waals surface area (Å²) in [5.41, 5.74) is 1.14. The molecule has 1 aromatic heterocycles. The van der Waals surface area contributed by atoms with Gasteiger partial charge in [0.05, 0.1) is 12.5 Å². The number of hydrogen-bond acceptors (Lipinski definition) is 7. The topological polar surface area (TPSA) is 86.4 Å². The minimum Gasteiger partial charge on any atom is -0.504 e. The molecule has 2 heterocycles. The predicted octanol–water partition coefficient (Wildman–Crippen LogP) is 4.19. The van der Waals surface area contributed by atoms with Gasteiger partial charge < -0.3 is 29.2 Å². The van der Waals surface area contributed by atoms with E-state index in [1.807, 2.05) is 24.3 Å². The molecule has 1 aliphatic heterocycles. The molecule has 1 saturated heterocycles. The Morgan fingerprint density at radius 2 is 1.78 bits per heavy atom. The Morgan fingerprint density at radius 1 is 1.06 bits per heavy atom. The average Bonchev–Trinajstić information content (AvgIpc) is 2.82. The Bertz CT molecular complexity index is 1130. The molecule has 0 amide bonds. The van der Waals surface area contributed by atoms with Crippen LogP contribution in [0.5, 0.6) is 17.2 Å². The minimum absolute atomic E-state index is 0.0469. The molecule has 1 fully saturated rings. The summed E-state index contributed by atoms with van der Waals surface area (Å²) < 4.78 is 11.0. The third-order valence-electron chi connectivity index (χ3n) is 6.16. The third-order valence-corrected chi connectivity index (χ3v) is 6.16. The van der Waals surface area contributed by atoms with Gasteiger partial charge in [-0.1, -0.05) is 6.42 Å². The lowest BCUT2D eigenvalue weighted by Gasteiger charge is -2.27. The van der Waals surface area contributed by atoms with E-state index in [1.54, 1.807) is 0 Å². The van der Waals surface area contributed by atoms with Crippen LogP contribution in [0, 0.1) is 0 Å². The van der Waals surface area contributed by atoms with Crippen molar-refractivity contribution in [3.8, 4) is 28.6 Å². The van der Waals surface area contributed by atoms with E-state index in [1.165, 1.54) is 51.6 Å². The van der Waals surface area contributed by atoms with E-state index in [9.17, 15) is 15.0 Å². The largest absolute Gasteiger partial charge is 0.504 e. The summed E-state index contributed by atoms with van der Waals surface area (Å²) >= 11 is 0. The second-order valence-electron chi connectivity index (χ2n) is 8.33. The number of piperidine rings is 1. The Kier molecular flexibility index (Phi) is 6.55. The van der Waals surface area contributed by atoms with Crippen molar-refractivity contribution >= 4 is 16.7 Å². The number of phenols is 1. The van der Waals surface area contributed by atoms with Crippen molar-refractivity contribution in [2.24, 2.45) is 0 Å². The Morgan fingerprint density at radius 3 is 2.47 bits per heavy atom. The van der Waals surface area contributed by atoms with E-state index in [4.69, 9.17) is 9.15 Å². The van der Waals surface area contributed by atoms with Gasteiger partial charge in [0.15, 0.2) is 17.1 Å². The number of anilines is 1. The zero-order chi connectivity index (χ0) is 22.7. The molecule has 2 N–H and O–H groups in total. The fraction of sp³-hybridized carbons (Fsp3) is 0.400. The molecule has 0 atom stereocenters. The fourth-order valence-corrected chi connectivity index (χ4v) is 4.32. The van der Waals surface area contributed by atoms with Crippen LogP contribution in [-0.4, -0.2) is 55.4 Å². The lowest BCUT2D eigenvalue weighted by atomic mass is 10.1. The summed E-state index contributed by atoms with van der Waals surface area (Å²) in [6.45, 7) is 4.48. The summed E-state index contributed by atoms with van der Waals surface area (Å²) in [6, 6.07) is 10.3. The quantitative estimate of drug-likeness (QED) is 0.572. The molecule has 1 aliphatic rings. The molecule has 0 radical (unpaired) electrons. The molecule has 170 valence electrons. The van der Waals surface area contributed by atoms with Crippen LogP contribution in [0.4, 0.5) is 5.69 Å². The molecule has 0 saturated carbocycles. The first-order chi connectivity index (χ1) is 15.5. The second-order valence-corrected chi connectivity index (χ2v) is 8.33. The number of benzene rings is 2. The van der Waals surface area contributed by atoms with E-state index in [0.29, 0.717) is 5.56 Å². The van der Waals surface area contributed by atoms with E-state index >= 15 is 0 Å². The fourth-order valence-electron chi connectivity index (χ4n) is 4.32. The van der Waals surface area contributed by atoms with Crippen LogP contribution in [0.25, 0.3) is 22.3 Å². The summed E-state index contributed by atoms with van der Waals surface area (Å²) in [5.74, 6) is -0.495. The first-order valence-corrected chi connectivity index (χ1v) is 11.1. The average molecular weight is 439 g/mol. The molecule has 4 rings (SSSR count). The highest BCUT2D eigenvalue weighted by atomic mass is 16.5. The van der Waals surface area contributed by atoms with Crippen molar-refractivity contribution < 1.29 is 19.4 Å². The second kappa shape index (κ2) is 9.53. The predicted molar refractivity (Wildman–Crippen MR) is 126 cm³/mol. The minimum atomic E-state index is -0.571. The van der Waals surface area contributed by atoms with Crippen molar-refractivity contribution in [1.82, 2.24) is 4.90 Å². The van der Waals surface area contributed by atoms with Gasteiger partial charge in [-0.05, 0) is 75.3 Å². The number of likely N-dealkylation sites (tertiary alicyclic amines) is 1. The van der Waals surface area contributed by atoms with Crippen molar-refractivity contribution in [3.05, 3.63) is 46.6 Å². The first-order valence-electron chi connectivity index (χ1n) is 11.1.